The van der Waals surface area contributed by atoms with E-state index < -0.39 is 4.84 Å². The van der Waals surface area contributed by atoms with Crippen LogP contribution < -0.4 is 0 Å². The third-order valence-corrected chi connectivity index (χ3v) is 4.47. The Morgan fingerprint density at radius 3 is 2.56 bits per heavy atom. The molecule has 0 N–H and O–H groups in total. The van der Waals surface area contributed by atoms with Crippen molar-refractivity contribution >= 4 is 29.1 Å². The first-order valence-corrected chi connectivity index (χ1v) is 7.09. The molecule has 3 atom stereocenters. The van der Waals surface area contributed by atoms with Crippen LogP contribution in [0.4, 0.5) is 0 Å². The molecule has 2 aliphatic rings. The summed E-state index contributed by atoms with van der Waals surface area (Å²) in [7, 11) is 0. The maximum Gasteiger partial charge on any atom is 0.256 e. The topological polar surface area (TPSA) is 20.3 Å². The van der Waals surface area contributed by atoms with Crippen molar-refractivity contribution in [2.24, 2.45) is 5.92 Å². The Morgan fingerprint density at radius 2 is 1.88 bits per heavy atom. The van der Waals surface area contributed by atoms with Crippen LogP contribution in [0.2, 0.25) is 0 Å². The van der Waals surface area contributed by atoms with E-state index in [0.29, 0.717) is 18.0 Å². The number of carbonyl (C=O) groups is 1. The first-order chi connectivity index (χ1) is 7.61. The summed E-state index contributed by atoms with van der Waals surface area (Å²) in [6.07, 6.45) is 7.27. The molecule has 0 spiro atoms. The number of halogens is 2. The van der Waals surface area contributed by atoms with E-state index in [0.717, 1.165) is 12.8 Å². The lowest BCUT2D eigenvalue weighted by Gasteiger charge is -2.47. The fourth-order valence-corrected chi connectivity index (χ4v) is 3.53. The van der Waals surface area contributed by atoms with Gasteiger partial charge in [-0.05, 0) is 38.5 Å². The van der Waals surface area contributed by atoms with Crippen molar-refractivity contribution in [3.05, 3.63) is 0 Å². The van der Waals surface area contributed by atoms with Gasteiger partial charge in [0.1, 0.15) is 0 Å². The van der Waals surface area contributed by atoms with Gasteiger partial charge in [0.2, 0.25) is 0 Å². The molecule has 3 unspecified atom stereocenters. The van der Waals surface area contributed by atoms with Gasteiger partial charge in [0.15, 0.2) is 4.84 Å². The highest BCUT2D eigenvalue weighted by Crippen LogP contribution is 2.38. The quantitative estimate of drug-likeness (QED) is 0.665. The summed E-state index contributed by atoms with van der Waals surface area (Å²) in [5.41, 5.74) is 0. The minimum Gasteiger partial charge on any atom is -0.334 e. The summed E-state index contributed by atoms with van der Waals surface area (Å²) in [4.78, 5) is 13.1. The van der Waals surface area contributed by atoms with Gasteiger partial charge in [0.25, 0.3) is 5.91 Å². The molecule has 2 nitrogen and oxygen atoms in total. The largest absolute Gasteiger partial charge is 0.334 e. The minimum atomic E-state index is -0.900. The van der Waals surface area contributed by atoms with E-state index in [1.54, 1.807) is 0 Å². The smallest absolute Gasteiger partial charge is 0.256 e. The van der Waals surface area contributed by atoms with E-state index in [9.17, 15) is 4.79 Å². The second-order valence-electron chi connectivity index (χ2n) is 5.08. The second-order valence-corrected chi connectivity index (χ2v) is 6.18. The maximum absolute atomic E-state index is 12.0. The predicted molar refractivity (Wildman–Crippen MR) is 66.8 cm³/mol. The van der Waals surface area contributed by atoms with E-state index >= 15 is 0 Å². The monoisotopic (exact) mass is 263 g/mol. The standard InChI is InChI=1S/C12H19Cl2NO/c1-8-6-7-9-4-2-3-5-10(9)15(8)12(16)11(13)14/h8-11H,2-7H2,1H3. The molecular weight excluding hydrogens is 245 g/mol. The van der Waals surface area contributed by atoms with Gasteiger partial charge in [-0.2, -0.15) is 0 Å². The molecule has 1 saturated heterocycles. The van der Waals surface area contributed by atoms with Crippen LogP contribution in [-0.2, 0) is 4.79 Å². The van der Waals surface area contributed by atoms with Gasteiger partial charge in [0, 0.05) is 12.1 Å². The molecule has 0 bridgehead atoms. The van der Waals surface area contributed by atoms with Gasteiger partial charge in [-0.25, -0.2) is 0 Å². The zero-order valence-electron chi connectivity index (χ0n) is 9.66. The highest BCUT2D eigenvalue weighted by Gasteiger charge is 2.40. The van der Waals surface area contributed by atoms with Crippen LogP contribution in [0.1, 0.15) is 45.4 Å². The molecule has 0 aromatic carbocycles. The fraction of sp³-hybridized carbons (Fsp3) is 0.917. The number of alkyl halides is 2. The van der Waals surface area contributed by atoms with Crippen LogP contribution in [-0.4, -0.2) is 27.7 Å². The first-order valence-electron chi connectivity index (χ1n) is 6.21. The summed E-state index contributed by atoms with van der Waals surface area (Å²) in [6, 6.07) is 0.692. The number of piperidine rings is 1. The Bertz CT molecular complexity index is 270. The minimum absolute atomic E-state index is 0.0903. The molecule has 1 heterocycles. The van der Waals surface area contributed by atoms with Crippen molar-refractivity contribution in [2.75, 3.05) is 0 Å². The van der Waals surface area contributed by atoms with Crippen molar-refractivity contribution in [3.8, 4) is 0 Å². The van der Waals surface area contributed by atoms with E-state index in [-0.39, 0.29) is 5.91 Å². The van der Waals surface area contributed by atoms with Crippen molar-refractivity contribution in [1.82, 2.24) is 4.90 Å². The highest BCUT2D eigenvalue weighted by molar-refractivity contribution is 6.53. The summed E-state index contributed by atoms with van der Waals surface area (Å²) in [6.45, 7) is 2.11. The van der Waals surface area contributed by atoms with E-state index in [1.807, 2.05) is 4.90 Å². The SMILES string of the molecule is CC1CCC2CCCCC2N1C(=O)C(Cl)Cl. The molecule has 1 saturated carbocycles. The number of amides is 1. The Morgan fingerprint density at radius 1 is 1.19 bits per heavy atom. The number of fused-ring (bicyclic) bond motifs is 1. The summed E-state index contributed by atoms with van der Waals surface area (Å²) < 4.78 is 0. The molecule has 2 fully saturated rings. The summed E-state index contributed by atoms with van der Waals surface area (Å²) >= 11 is 11.5. The molecule has 2 rings (SSSR count). The second kappa shape index (κ2) is 5.14. The van der Waals surface area contributed by atoms with Crippen molar-refractivity contribution < 1.29 is 4.79 Å². The maximum atomic E-state index is 12.0. The number of hydrogen-bond donors (Lipinski definition) is 0. The number of carbonyl (C=O) groups excluding carboxylic acids is 1. The van der Waals surface area contributed by atoms with Gasteiger partial charge in [-0.15, -0.1) is 0 Å². The zero-order valence-corrected chi connectivity index (χ0v) is 11.2. The highest BCUT2D eigenvalue weighted by atomic mass is 35.5. The predicted octanol–water partition coefficient (Wildman–Crippen LogP) is 3.36. The molecule has 1 aliphatic carbocycles. The third-order valence-electron chi connectivity index (χ3n) is 4.10. The molecule has 1 amide bonds. The van der Waals surface area contributed by atoms with Crippen LogP contribution in [0.25, 0.3) is 0 Å². The van der Waals surface area contributed by atoms with Gasteiger partial charge < -0.3 is 4.90 Å². The molecule has 0 aromatic heterocycles. The molecule has 0 radical (unpaired) electrons. The molecule has 4 heteroatoms. The average Bonchev–Trinajstić information content (AvgIpc) is 2.28. The lowest BCUT2D eigenvalue weighted by atomic mass is 9.76. The molecule has 92 valence electrons. The normalized spacial score (nSPS) is 35.0. The molecular formula is C12H19Cl2NO. The van der Waals surface area contributed by atoms with Crippen molar-refractivity contribution in [1.29, 1.82) is 0 Å². The van der Waals surface area contributed by atoms with Crippen LogP contribution in [0.3, 0.4) is 0 Å². The van der Waals surface area contributed by atoms with E-state index in [2.05, 4.69) is 6.92 Å². The van der Waals surface area contributed by atoms with Crippen LogP contribution in [0.5, 0.6) is 0 Å². The summed E-state index contributed by atoms with van der Waals surface area (Å²) in [5, 5.41) is 0. The Balaban J connectivity index is 2.14. The van der Waals surface area contributed by atoms with Crippen LogP contribution in [0, 0.1) is 5.92 Å². The van der Waals surface area contributed by atoms with Gasteiger partial charge >= 0.3 is 0 Å². The van der Waals surface area contributed by atoms with Gasteiger partial charge in [-0.3, -0.25) is 4.79 Å². The van der Waals surface area contributed by atoms with Crippen molar-refractivity contribution in [3.63, 3.8) is 0 Å². The number of likely N-dealkylation sites (tertiary alicyclic amines) is 1. The lowest BCUT2D eigenvalue weighted by molar-refractivity contribution is -0.139. The number of hydrogen-bond acceptors (Lipinski definition) is 1. The Hall–Kier alpha value is 0.0500. The first kappa shape index (κ1) is 12.5. The number of nitrogens with zero attached hydrogens (tertiary/aromatic N) is 1. The van der Waals surface area contributed by atoms with Crippen LogP contribution >= 0.6 is 23.2 Å². The zero-order chi connectivity index (χ0) is 11.7. The fourth-order valence-electron chi connectivity index (χ4n) is 3.31. The molecule has 1 aliphatic heterocycles. The van der Waals surface area contributed by atoms with Gasteiger partial charge in [-0.1, -0.05) is 36.0 Å². The van der Waals surface area contributed by atoms with Crippen LogP contribution in [0.15, 0.2) is 0 Å². The average molecular weight is 264 g/mol. The van der Waals surface area contributed by atoms with E-state index in [1.165, 1.54) is 25.7 Å². The van der Waals surface area contributed by atoms with Crippen molar-refractivity contribution in [2.45, 2.75) is 62.4 Å². The summed E-state index contributed by atoms with van der Waals surface area (Å²) in [5.74, 6) is 0.591. The number of rotatable bonds is 1. The van der Waals surface area contributed by atoms with E-state index in [4.69, 9.17) is 23.2 Å². The Labute approximate surface area is 107 Å². The lowest BCUT2D eigenvalue weighted by Crippen LogP contribution is -2.55. The third kappa shape index (κ3) is 2.33. The molecule has 0 aromatic rings. The van der Waals surface area contributed by atoms with Gasteiger partial charge in [0.05, 0.1) is 0 Å². The Kier molecular flexibility index (Phi) is 4.01. The molecule has 16 heavy (non-hydrogen) atoms.